The maximum absolute atomic E-state index is 11.6. The van der Waals surface area contributed by atoms with E-state index in [0.29, 0.717) is 6.54 Å². The molecule has 2 atom stereocenters. The van der Waals surface area contributed by atoms with Crippen LogP contribution in [0, 0.1) is 0 Å². The molecule has 2 aliphatic heterocycles. The summed E-state index contributed by atoms with van der Waals surface area (Å²) in [5.74, 6) is 0. The number of carbonyl (C=O) groups is 1. The Morgan fingerprint density at radius 1 is 1.53 bits per heavy atom. The second kappa shape index (κ2) is 5.14. The maximum atomic E-state index is 11.6. The normalized spacial score (nSPS) is 25.0. The minimum absolute atomic E-state index is 0.0651. The van der Waals surface area contributed by atoms with Gasteiger partial charge in [-0.1, -0.05) is 6.07 Å². The minimum Gasteiger partial charge on any atom is -0.336 e. The molecule has 0 bridgehead atoms. The van der Waals surface area contributed by atoms with Crippen molar-refractivity contribution in [3.63, 3.8) is 0 Å². The molecule has 2 saturated heterocycles. The Labute approximate surface area is 112 Å². The molecule has 102 valence electrons. The third kappa shape index (κ3) is 2.29. The molecule has 1 aromatic heterocycles. The first-order chi connectivity index (χ1) is 9.29. The number of nitrogens with one attached hydrogen (secondary N) is 1. The van der Waals surface area contributed by atoms with Gasteiger partial charge in [-0.15, -0.1) is 0 Å². The Hall–Kier alpha value is -1.66. The number of urea groups is 1. The molecule has 3 rings (SSSR count). The van der Waals surface area contributed by atoms with E-state index in [9.17, 15) is 4.79 Å². The average Bonchev–Trinajstić information content (AvgIpc) is 2.82. The largest absolute Gasteiger partial charge is 0.336 e. The van der Waals surface area contributed by atoms with Gasteiger partial charge in [0.25, 0.3) is 0 Å². The van der Waals surface area contributed by atoms with Gasteiger partial charge in [-0.3, -0.25) is 9.88 Å². The Kier molecular flexibility index (Phi) is 3.35. The van der Waals surface area contributed by atoms with Crippen LogP contribution in [0.25, 0.3) is 0 Å². The van der Waals surface area contributed by atoms with Gasteiger partial charge in [0.15, 0.2) is 0 Å². The molecule has 0 aliphatic carbocycles. The van der Waals surface area contributed by atoms with Crippen LogP contribution in [-0.2, 0) is 0 Å². The zero-order valence-electron chi connectivity index (χ0n) is 10.8. The molecule has 2 aliphatic rings. The smallest absolute Gasteiger partial charge is 0.317 e. The Morgan fingerprint density at radius 3 is 3.16 bits per heavy atom. The van der Waals surface area contributed by atoms with Crippen LogP contribution in [-0.4, -0.2) is 59.6 Å². The van der Waals surface area contributed by atoms with Gasteiger partial charge in [0, 0.05) is 51.2 Å². The van der Waals surface area contributed by atoms with Crippen molar-refractivity contribution < 1.29 is 4.79 Å². The second-order valence-electron chi connectivity index (χ2n) is 5.07. The van der Waals surface area contributed by atoms with Crippen LogP contribution in [0.1, 0.15) is 11.6 Å². The molecule has 6 nitrogen and oxygen atoms in total. The minimum atomic E-state index is 0.0651. The number of nitrogens with zero attached hydrogens (tertiary/aromatic N) is 3. The fourth-order valence-corrected chi connectivity index (χ4v) is 2.98. The first-order valence-corrected chi connectivity index (χ1v) is 6.68. The molecule has 2 amide bonds. The molecule has 1 aromatic rings. The van der Waals surface area contributed by atoms with Gasteiger partial charge in [-0.05, 0) is 11.6 Å². The Morgan fingerprint density at radius 2 is 2.42 bits per heavy atom. The molecule has 2 fully saturated rings. The summed E-state index contributed by atoms with van der Waals surface area (Å²) in [5, 5.41) is 2.90. The Bertz CT molecular complexity index is 452. The van der Waals surface area contributed by atoms with Gasteiger partial charge in [-0.2, -0.15) is 0 Å². The van der Waals surface area contributed by atoms with Crippen molar-refractivity contribution in [3.05, 3.63) is 30.1 Å². The molecule has 19 heavy (non-hydrogen) atoms. The van der Waals surface area contributed by atoms with Crippen molar-refractivity contribution in [1.29, 1.82) is 0 Å². The molecule has 3 N–H and O–H groups in total. The number of hydrogen-bond donors (Lipinski definition) is 2. The first kappa shape index (κ1) is 12.4. The van der Waals surface area contributed by atoms with Crippen LogP contribution < -0.4 is 11.1 Å². The fraction of sp³-hybridized carbons (Fsp3) is 0.538. The summed E-state index contributed by atoms with van der Waals surface area (Å²) in [6.07, 6.45) is 3.65. The van der Waals surface area contributed by atoms with Crippen LogP contribution >= 0.6 is 0 Å². The van der Waals surface area contributed by atoms with E-state index in [1.807, 2.05) is 17.2 Å². The highest BCUT2D eigenvalue weighted by molar-refractivity contribution is 5.77. The second-order valence-corrected chi connectivity index (χ2v) is 5.07. The predicted octanol–water partition coefficient (Wildman–Crippen LogP) is -0.209. The molecule has 0 saturated carbocycles. The summed E-state index contributed by atoms with van der Waals surface area (Å²) in [7, 11) is 0. The van der Waals surface area contributed by atoms with Crippen LogP contribution in [0.3, 0.4) is 0 Å². The van der Waals surface area contributed by atoms with E-state index < -0.39 is 0 Å². The van der Waals surface area contributed by atoms with Gasteiger partial charge < -0.3 is 16.0 Å². The van der Waals surface area contributed by atoms with Gasteiger partial charge in [0.05, 0.1) is 6.04 Å². The Balaban J connectivity index is 1.74. The van der Waals surface area contributed by atoms with E-state index in [1.165, 1.54) is 0 Å². The van der Waals surface area contributed by atoms with E-state index in [0.717, 1.165) is 31.7 Å². The lowest BCUT2D eigenvalue weighted by atomic mass is 10.0. The van der Waals surface area contributed by atoms with E-state index in [1.54, 1.807) is 6.20 Å². The number of amides is 2. The van der Waals surface area contributed by atoms with Crippen molar-refractivity contribution in [2.45, 2.75) is 12.1 Å². The number of piperazine rings is 1. The lowest BCUT2D eigenvalue weighted by Gasteiger charge is -2.40. The molecule has 6 heteroatoms. The first-order valence-electron chi connectivity index (χ1n) is 6.68. The van der Waals surface area contributed by atoms with Crippen molar-refractivity contribution in [3.8, 4) is 0 Å². The highest BCUT2D eigenvalue weighted by Gasteiger charge is 2.37. The van der Waals surface area contributed by atoms with Crippen molar-refractivity contribution >= 4 is 6.03 Å². The number of aromatic nitrogens is 1. The number of carbonyl (C=O) groups excluding carboxylic acids is 1. The third-order valence-electron chi connectivity index (χ3n) is 4.00. The number of fused-ring (bicyclic) bond motifs is 1. The molecule has 0 radical (unpaired) electrons. The van der Waals surface area contributed by atoms with Crippen LogP contribution in [0.5, 0.6) is 0 Å². The van der Waals surface area contributed by atoms with Gasteiger partial charge in [0.1, 0.15) is 0 Å². The van der Waals surface area contributed by atoms with Crippen LogP contribution in [0.15, 0.2) is 24.5 Å². The fourth-order valence-electron chi connectivity index (χ4n) is 2.98. The highest BCUT2D eigenvalue weighted by atomic mass is 16.2. The quantitative estimate of drug-likeness (QED) is 0.789. The number of rotatable bonds is 3. The SMILES string of the molecule is NCC(c1cccnc1)N1CCN2C(=O)NCC2C1. The lowest BCUT2D eigenvalue weighted by Crippen LogP contribution is -2.53. The van der Waals surface area contributed by atoms with Crippen LogP contribution in [0.4, 0.5) is 4.79 Å². The van der Waals surface area contributed by atoms with E-state index in [2.05, 4.69) is 21.3 Å². The van der Waals surface area contributed by atoms with Gasteiger partial charge in [0.2, 0.25) is 0 Å². The number of nitrogens with two attached hydrogens (primary N) is 1. The summed E-state index contributed by atoms with van der Waals surface area (Å²) in [5.41, 5.74) is 7.08. The van der Waals surface area contributed by atoms with Crippen molar-refractivity contribution in [1.82, 2.24) is 20.1 Å². The van der Waals surface area contributed by atoms with E-state index in [-0.39, 0.29) is 18.1 Å². The predicted molar refractivity (Wildman–Crippen MR) is 71.5 cm³/mol. The molecular weight excluding hydrogens is 242 g/mol. The van der Waals surface area contributed by atoms with Gasteiger partial charge >= 0.3 is 6.03 Å². The molecule has 0 aromatic carbocycles. The molecule has 0 spiro atoms. The summed E-state index contributed by atoms with van der Waals surface area (Å²) < 4.78 is 0. The molecule has 3 heterocycles. The number of pyridine rings is 1. The van der Waals surface area contributed by atoms with Crippen LogP contribution in [0.2, 0.25) is 0 Å². The summed E-state index contributed by atoms with van der Waals surface area (Å²) >= 11 is 0. The lowest BCUT2D eigenvalue weighted by molar-refractivity contribution is 0.0903. The topological polar surface area (TPSA) is 74.5 Å². The third-order valence-corrected chi connectivity index (χ3v) is 4.00. The molecular formula is C13H19N5O. The van der Waals surface area contributed by atoms with Crippen molar-refractivity contribution in [2.75, 3.05) is 32.7 Å². The maximum Gasteiger partial charge on any atom is 0.317 e. The molecule has 2 unspecified atom stereocenters. The zero-order chi connectivity index (χ0) is 13.2. The van der Waals surface area contributed by atoms with Gasteiger partial charge in [-0.25, -0.2) is 4.79 Å². The summed E-state index contributed by atoms with van der Waals surface area (Å²) in [6, 6.07) is 4.53. The zero-order valence-corrected chi connectivity index (χ0v) is 10.8. The summed E-state index contributed by atoms with van der Waals surface area (Å²) in [6.45, 7) is 3.81. The average molecular weight is 261 g/mol. The van der Waals surface area contributed by atoms with E-state index in [4.69, 9.17) is 5.73 Å². The monoisotopic (exact) mass is 261 g/mol. The van der Waals surface area contributed by atoms with Crippen molar-refractivity contribution in [2.24, 2.45) is 5.73 Å². The van der Waals surface area contributed by atoms with E-state index >= 15 is 0 Å². The standard InChI is InChI=1S/C13H19N5O/c14-6-12(10-2-1-3-15-7-10)17-4-5-18-11(9-17)8-16-13(18)19/h1-3,7,11-12H,4-6,8-9,14H2,(H,16,19). The summed E-state index contributed by atoms with van der Waals surface area (Å²) in [4.78, 5) is 20.0. The number of hydrogen-bond acceptors (Lipinski definition) is 4. The highest BCUT2D eigenvalue weighted by Crippen LogP contribution is 2.23.